The van der Waals surface area contributed by atoms with Crippen LogP contribution in [0.5, 0.6) is 0 Å². The normalized spacial score (nSPS) is 12.7. The Balaban J connectivity index is 3.51. The van der Waals surface area contributed by atoms with Gasteiger partial charge in [0.2, 0.25) is 0 Å². The zero-order valence-corrected chi connectivity index (χ0v) is 19.8. The first-order valence-electron chi connectivity index (χ1n) is 12.2. The molecule has 0 bridgehead atoms. The van der Waals surface area contributed by atoms with Gasteiger partial charge in [-0.05, 0) is 27.2 Å². The van der Waals surface area contributed by atoms with Gasteiger partial charge in [-0.2, -0.15) is 0 Å². The van der Waals surface area contributed by atoms with E-state index in [9.17, 15) is 14.7 Å². The second-order valence-electron chi connectivity index (χ2n) is 9.52. The molecule has 0 aliphatic rings. The van der Waals surface area contributed by atoms with Gasteiger partial charge in [0.15, 0.2) is 5.92 Å². The first-order chi connectivity index (χ1) is 13.8. The molecule has 1 atom stereocenters. The molecule has 0 amide bonds. The lowest BCUT2D eigenvalue weighted by Crippen LogP contribution is -2.32. The molecule has 0 aliphatic heterocycles. The summed E-state index contributed by atoms with van der Waals surface area (Å²) in [4.78, 5) is 23.3. The molecule has 0 aromatic carbocycles. The molecule has 4 heteroatoms. The minimum atomic E-state index is -1.07. The number of hydrogen-bond acceptors (Lipinski definition) is 3. The Bertz CT molecular complexity index is 412. The molecule has 0 fully saturated rings. The molecule has 0 aromatic heterocycles. The lowest BCUT2D eigenvalue weighted by molar-refractivity contribution is -0.167. The molecule has 0 aromatic rings. The van der Waals surface area contributed by atoms with Crippen LogP contribution >= 0.6 is 0 Å². The van der Waals surface area contributed by atoms with Crippen molar-refractivity contribution in [1.82, 2.24) is 0 Å². The monoisotopic (exact) mass is 412 g/mol. The van der Waals surface area contributed by atoms with Gasteiger partial charge in [0, 0.05) is 0 Å². The number of rotatable bonds is 19. The molecule has 0 saturated heterocycles. The maximum absolute atomic E-state index is 12.0. The van der Waals surface area contributed by atoms with Crippen molar-refractivity contribution in [2.24, 2.45) is 5.92 Å². The van der Waals surface area contributed by atoms with Gasteiger partial charge in [0.1, 0.15) is 5.60 Å². The smallest absolute Gasteiger partial charge is 0.320 e. The predicted octanol–water partition coefficient (Wildman–Crippen LogP) is 7.68. The highest BCUT2D eigenvalue weighted by Gasteiger charge is 2.30. The Morgan fingerprint density at radius 2 is 1.03 bits per heavy atom. The molecule has 0 radical (unpaired) electrons. The number of carbonyl (C=O) groups is 2. The average Bonchev–Trinajstić information content (AvgIpc) is 2.62. The summed E-state index contributed by atoms with van der Waals surface area (Å²) in [6.45, 7) is 7.55. The van der Waals surface area contributed by atoms with Crippen molar-refractivity contribution in [2.75, 3.05) is 0 Å². The molecule has 0 spiro atoms. The maximum atomic E-state index is 12.0. The van der Waals surface area contributed by atoms with Crippen LogP contribution in [-0.2, 0) is 14.3 Å². The number of ether oxygens (including phenoxy) is 1. The summed E-state index contributed by atoms with van der Waals surface area (Å²) in [5.74, 6) is -2.70. The van der Waals surface area contributed by atoms with Gasteiger partial charge in [0.25, 0.3) is 0 Å². The van der Waals surface area contributed by atoms with E-state index in [0.29, 0.717) is 6.42 Å². The van der Waals surface area contributed by atoms with E-state index >= 15 is 0 Å². The van der Waals surface area contributed by atoms with Crippen molar-refractivity contribution >= 4 is 11.9 Å². The van der Waals surface area contributed by atoms with Gasteiger partial charge in [-0.15, -0.1) is 0 Å². The van der Waals surface area contributed by atoms with Crippen LogP contribution in [0.15, 0.2) is 0 Å². The Morgan fingerprint density at radius 3 is 1.34 bits per heavy atom. The fourth-order valence-electron chi connectivity index (χ4n) is 3.61. The highest BCUT2D eigenvalue weighted by molar-refractivity contribution is 5.94. The number of aliphatic carboxylic acids is 1. The van der Waals surface area contributed by atoms with Crippen LogP contribution in [0.3, 0.4) is 0 Å². The van der Waals surface area contributed by atoms with E-state index < -0.39 is 23.5 Å². The number of carbonyl (C=O) groups excluding carboxylic acids is 1. The minimum Gasteiger partial charge on any atom is -0.481 e. The third kappa shape index (κ3) is 18.7. The van der Waals surface area contributed by atoms with Crippen LogP contribution in [0, 0.1) is 5.92 Å². The summed E-state index contributed by atoms with van der Waals surface area (Å²) < 4.78 is 5.22. The summed E-state index contributed by atoms with van der Waals surface area (Å²) >= 11 is 0. The molecular weight excluding hydrogens is 364 g/mol. The van der Waals surface area contributed by atoms with E-state index in [2.05, 4.69) is 6.92 Å². The number of carboxylic acid groups (broad SMARTS) is 1. The largest absolute Gasteiger partial charge is 0.481 e. The van der Waals surface area contributed by atoms with Crippen LogP contribution in [0.2, 0.25) is 0 Å². The third-order valence-corrected chi connectivity index (χ3v) is 5.34. The Kier molecular flexibility index (Phi) is 17.1. The van der Waals surface area contributed by atoms with E-state index in [1.165, 1.54) is 83.5 Å². The molecule has 172 valence electrons. The molecule has 1 N–H and O–H groups in total. The lowest BCUT2D eigenvalue weighted by atomic mass is 9.99. The number of unbranched alkanes of at least 4 members (excludes halogenated alkanes) is 15. The predicted molar refractivity (Wildman–Crippen MR) is 121 cm³/mol. The van der Waals surface area contributed by atoms with Gasteiger partial charge in [-0.1, -0.05) is 110 Å². The molecule has 0 heterocycles. The van der Waals surface area contributed by atoms with E-state index in [4.69, 9.17) is 4.74 Å². The van der Waals surface area contributed by atoms with E-state index in [1.54, 1.807) is 20.8 Å². The Labute approximate surface area is 180 Å². The van der Waals surface area contributed by atoms with Crippen molar-refractivity contribution < 1.29 is 19.4 Å². The molecule has 0 saturated carbocycles. The summed E-state index contributed by atoms with van der Waals surface area (Å²) in [5.41, 5.74) is -0.639. The zero-order chi connectivity index (χ0) is 22.0. The summed E-state index contributed by atoms with van der Waals surface area (Å²) in [6.07, 6.45) is 20.9. The van der Waals surface area contributed by atoms with Crippen LogP contribution < -0.4 is 0 Å². The molecule has 0 rings (SSSR count). The van der Waals surface area contributed by atoms with Gasteiger partial charge in [0.05, 0.1) is 0 Å². The minimum absolute atomic E-state index is 0.378. The highest BCUT2D eigenvalue weighted by Crippen LogP contribution is 2.18. The first kappa shape index (κ1) is 27.9. The van der Waals surface area contributed by atoms with Crippen molar-refractivity contribution in [3.8, 4) is 0 Å². The van der Waals surface area contributed by atoms with Crippen molar-refractivity contribution in [3.63, 3.8) is 0 Å². The topological polar surface area (TPSA) is 63.6 Å². The standard InChI is InChI=1S/C25H48O4/c1-5-6-7-8-9-10-11-12-13-14-15-16-17-18-19-20-21-22(23(26)27)24(28)29-25(2,3)4/h22H,5-21H2,1-4H3,(H,26,27). The van der Waals surface area contributed by atoms with Crippen molar-refractivity contribution in [1.29, 1.82) is 0 Å². The SMILES string of the molecule is CCCCCCCCCCCCCCCCCCC(C(=O)O)C(=O)OC(C)(C)C. The maximum Gasteiger partial charge on any atom is 0.320 e. The van der Waals surface area contributed by atoms with Crippen LogP contribution in [-0.4, -0.2) is 22.6 Å². The first-order valence-corrected chi connectivity index (χ1v) is 12.2. The van der Waals surface area contributed by atoms with Crippen molar-refractivity contribution in [3.05, 3.63) is 0 Å². The Hall–Kier alpha value is -1.06. The van der Waals surface area contributed by atoms with Crippen LogP contribution in [0.4, 0.5) is 0 Å². The second-order valence-corrected chi connectivity index (χ2v) is 9.52. The van der Waals surface area contributed by atoms with Gasteiger partial charge < -0.3 is 9.84 Å². The van der Waals surface area contributed by atoms with Gasteiger partial charge in [-0.3, -0.25) is 9.59 Å². The van der Waals surface area contributed by atoms with Crippen LogP contribution in [0.1, 0.15) is 137 Å². The molecule has 0 aliphatic carbocycles. The molecule has 1 unspecified atom stereocenters. The fraction of sp³-hybridized carbons (Fsp3) is 0.920. The average molecular weight is 413 g/mol. The number of esters is 1. The summed E-state index contributed by atoms with van der Waals surface area (Å²) in [7, 11) is 0. The quantitative estimate of drug-likeness (QED) is 0.134. The van der Waals surface area contributed by atoms with Crippen molar-refractivity contribution in [2.45, 2.75) is 142 Å². The Morgan fingerprint density at radius 1 is 0.690 bits per heavy atom. The van der Waals surface area contributed by atoms with Crippen LogP contribution in [0.25, 0.3) is 0 Å². The summed E-state index contributed by atoms with van der Waals surface area (Å²) in [5, 5.41) is 9.27. The highest BCUT2D eigenvalue weighted by atomic mass is 16.6. The molecule has 4 nitrogen and oxygen atoms in total. The number of hydrogen-bond donors (Lipinski definition) is 1. The van der Waals surface area contributed by atoms with Gasteiger partial charge >= 0.3 is 11.9 Å². The lowest BCUT2D eigenvalue weighted by Gasteiger charge is -2.22. The fourth-order valence-corrected chi connectivity index (χ4v) is 3.61. The van der Waals surface area contributed by atoms with E-state index in [0.717, 1.165) is 19.3 Å². The number of carboxylic acids is 1. The van der Waals surface area contributed by atoms with E-state index in [-0.39, 0.29) is 0 Å². The second kappa shape index (κ2) is 17.8. The molecular formula is C25H48O4. The zero-order valence-electron chi connectivity index (χ0n) is 19.8. The third-order valence-electron chi connectivity index (χ3n) is 5.34. The summed E-state index contributed by atoms with van der Waals surface area (Å²) in [6, 6.07) is 0. The van der Waals surface area contributed by atoms with Gasteiger partial charge in [-0.25, -0.2) is 0 Å². The van der Waals surface area contributed by atoms with E-state index in [1.807, 2.05) is 0 Å². The molecule has 29 heavy (non-hydrogen) atoms.